The maximum atomic E-state index is 12.4. The summed E-state index contributed by atoms with van der Waals surface area (Å²) in [6.45, 7) is 10.4. The van der Waals surface area contributed by atoms with Crippen LogP contribution >= 0.6 is 0 Å². The second-order valence-corrected chi connectivity index (χ2v) is 12.5. The maximum absolute atomic E-state index is 12.4. The van der Waals surface area contributed by atoms with Gasteiger partial charge in [-0.25, -0.2) is 0 Å². The van der Waals surface area contributed by atoms with Crippen LogP contribution in [0.3, 0.4) is 0 Å². The molecule has 0 aromatic carbocycles. The highest BCUT2D eigenvalue weighted by molar-refractivity contribution is 5.71. The molecule has 2 aliphatic rings. The van der Waals surface area contributed by atoms with Crippen molar-refractivity contribution >= 4 is 11.9 Å². The van der Waals surface area contributed by atoms with E-state index in [0.29, 0.717) is 41.9 Å². The number of carboxylic acids is 1. The number of hydrogen-bond donors (Lipinski definition) is 3. The van der Waals surface area contributed by atoms with Crippen LogP contribution in [0, 0.1) is 35.5 Å². The lowest BCUT2D eigenvalue weighted by Crippen LogP contribution is -2.41. The van der Waals surface area contributed by atoms with Crippen molar-refractivity contribution in [3.8, 4) is 0 Å². The third-order valence-corrected chi connectivity index (χ3v) is 8.68. The first-order valence-electron chi connectivity index (χ1n) is 14.3. The summed E-state index contributed by atoms with van der Waals surface area (Å²) in [5, 5.41) is 28.4. The lowest BCUT2D eigenvalue weighted by molar-refractivity contribution is -0.156. The van der Waals surface area contributed by atoms with Crippen molar-refractivity contribution < 1.29 is 34.4 Å². The number of hydrogen-bond acceptors (Lipinski definition) is 6. The Kier molecular flexibility index (Phi) is 12.7. The second kappa shape index (κ2) is 14.7. The van der Waals surface area contributed by atoms with Crippen molar-refractivity contribution in [2.45, 2.75) is 123 Å². The normalized spacial score (nSPS) is 31.6. The summed E-state index contributed by atoms with van der Waals surface area (Å²) in [4.78, 5) is 23.1. The molecule has 3 N–H and O–H groups in total. The average molecular weight is 513 g/mol. The Morgan fingerprint density at radius 2 is 1.69 bits per heavy atom. The van der Waals surface area contributed by atoms with Gasteiger partial charge < -0.3 is 24.8 Å². The zero-order valence-corrected chi connectivity index (χ0v) is 23.3. The fraction of sp³-hybridized carbons (Fsp3) is 0.931. The lowest BCUT2D eigenvalue weighted by Gasteiger charge is -2.41. The van der Waals surface area contributed by atoms with Crippen LogP contribution in [0.25, 0.3) is 0 Å². The molecule has 7 heteroatoms. The summed E-state index contributed by atoms with van der Waals surface area (Å²) < 4.78 is 12.1. The number of aliphatic hydroxyl groups excluding tert-OH is 1. The molecule has 3 unspecified atom stereocenters. The zero-order valence-electron chi connectivity index (χ0n) is 23.3. The van der Waals surface area contributed by atoms with Gasteiger partial charge in [0.2, 0.25) is 0 Å². The minimum atomic E-state index is -1.21. The van der Waals surface area contributed by atoms with Crippen LogP contribution < -0.4 is 0 Å². The molecule has 2 rings (SSSR count). The third kappa shape index (κ3) is 10.3. The van der Waals surface area contributed by atoms with Gasteiger partial charge in [-0.05, 0) is 81.0 Å². The first-order valence-corrected chi connectivity index (χ1v) is 14.3. The average Bonchev–Trinajstić information content (AvgIpc) is 2.81. The van der Waals surface area contributed by atoms with Gasteiger partial charge in [0.1, 0.15) is 11.7 Å². The van der Waals surface area contributed by atoms with E-state index in [4.69, 9.17) is 14.6 Å². The Labute approximate surface area is 218 Å². The summed E-state index contributed by atoms with van der Waals surface area (Å²) in [5.74, 6) is 1.75. The van der Waals surface area contributed by atoms with E-state index in [1.54, 1.807) is 6.92 Å². The van der Waals surface area contributed by atoms with Gasteiger partial charge in [-0.1, -0.05) is 47.0 Å². The van der Waals surface area contributed by atoms with Crippen LogP contribution in [0.15, 0.2) is 0 Å². The zero-order chi connectivity index (χ0) is 26.9. The SMILES string of the molecule is CC(C)[C@@H]1CCC(CCC(C)[C@@H]2CC[C@@H](C)C[C@H]2OC(=O)CCCC(=O)O)C[C@H]1OCC(C)(O)CO. The number of esters is 1. The summed E-state index contributed by atoms with van der Waals surface area (Å²) in [7, 11) is 0. The van der Waals surface area contributed by atoms with Crippen LogP contribution in [0.4, 0.5) is 0 Å². The van der Waals surface area contributed by atoms with E-state index in [2.05, 4.69) is 27.7 Å². The van der Waals surface area contributed by atoms with Crippen molar-refractivity contribution in [1.82, 2.24) is 0 Å². The number of aliphatic carboxylic acids is 1. The van der Waals surface area contributed by atoms with Crippen LogP contribution in [0.1, 0.15) is 105 Å². The fourth-order valence-corrected chi connectivity index (χ4v) is 6.25. The van der Waals surface area contributed by atoms with Gasteiger partial charge in [0, 0.05) is 12.8 Å². The number of rotatable bonds is 14. The van der Waals surface area contributed by atoms with Gasteiger partial charge in [0.15, 0.2) is 0 Å². The van der Waals surface area contributed by atoms with Crippen LogP contribution in [0.5, 0.6) is 0 Å². The fourth-order valence-electron chi connectivity index (χ4n) is 6.25. The molecule has 0 amide bonds. The molecule has 0 spiro atoms. The first kappa shape index (κ1) is 31.0. The predicted molar refractivity (Wildman–Crippen MR) is 139 cm³/mol. The van der Waals surface area contributed by atoms with Gasteiger partial charge in [-0.15, -0.1) is 0 Å². The summed E-state index contributed by atoms with van der Waals surface area (Å²) in [6, 6.07) is 0. The van der Waals surface area contributed by atoms with E-state index in [0.717, 1.165) is 44.9 Å². The van der Waals surface area contributed by atoms with E-state index in [-0.39, 0.29) is 44.2 Å². The molecule has 0 heterocycles. The number of carbonyl (C=O) groups excluding carboxylic acids is 1. The first-order chi connectivity index (χ1) is 16.9. The number of carboxylic acid groups (broad SMARTS) is 1. The van der Waals surface area contributed by atoms with Gasteiger partial charge in [0.05, 0.1) is 19.3 Å². The minimum absolute atomic E-state index is 0.00267. The van der Waals surface area contributed by atoms with Crippen LogP contribution in [-0.4, -0.2) is 58.3 Å². The van der Waals surface area contributed by atoms with Crippen molar-refractivity contribution in [3.63, 3.8) is 0 Å². The van der Waals surface area contributed by atoms with E-state index >= 15 is 0 Å². The van der Waals surface area contributed by atoms with Gasteiger partial charge in [-0.2, -0.15) is 0 Å². The topological polar surface area (TPSA) is 113 Å². The van der Waals surface area contributed by atoms with Crippen molar-refractivity contribution in [2.24, 2.45) is 35.5 Å². The van der Waals surface area contributed by atoms with Crippen LogP contribution in [0.2, 0.25) is 0 Å². The van der Waals surface area contributed by atoms with Crippen molar-refractivity contribution in [2.75, 3.05) is 13.2 Å². The Bertz CT molecular complexity index is 677. The molecule has 2 fully saturated rings. The maximum Gasteiger partial charge on any atom is 0.306 e. The Balaban J connectivity index is 1.90. The molecule has 2 aliphatic carbocycles. The van der Waals surface area contributed by atoms with Crippen LogP contribution in [-0.2, 0) is 19.1 Å². The minimum Gasteiger partial charge on any atom is -0.481 e. The molecule has 8 atom stereocenters. The molecule has 0 aromatic heterocycles. The highest BCUT2D eigenvalue weighted by Crippen LogP contribution is 2.41. The lowest BCUT2D eigenvalue weighted by atomic mass is 9.70. The molecular formula is C29H52O7. The Hall–Kier alpha value is -1.18. The molecule has 0 radical (unpaired) electrons. The third-order valence-electron chi connectivity index (χ3n) is 8.68. The molecule has 0 saturated heterocycles. The second-order valence-electron chi connectivity index (χ2n) is 12.5. The molecule has 2 saturated carbocycles. The smallest absolute Gasteiger partial charge is 0.306 e. The van der Waals surface area contributed by atoms with Crippen molar-refractivity contribution in [1.29, 1.82) is 0 Å². The molecule has 0 aromatic rings. The van der Waals surface area contributed by atoms with Gasteiger partial charge in [-0.3, -0.25) is 9.59 Å². The van der Waals surface area contributed by atoms with E-state index in [9.17, 15) is 19.8 Å². The molecule has 36 heavy (non-hydrogen) atoms. The van der Waals surface area contributed by atoms with Crippen molar-refractivity contribution in [3.05, 3.63) is 0 Å². The highest BCUT2D eigenvalue weighted by atomic mass is 16.5. The Morgan fingerprint density at radius 1 is 1.00 bits per heavy atom. The monoisotopic (exact) mass is 512 g/mol. The highest BCUT2D eigenvalue weighted by Gasteiger charge is 2.37. The molecule has 210 valence electrons. The summed E-state index contributed by atoms with van der Waals surface area (Å²) in [5.41, 5.74) is -1.21. The Morgan fingerprint density at radius 3 is 2.33 bits per heavy atom. The summed E-state index contributed by atoms with van der Waals surface area (Å²) in [6.07, 6.45) is 9.14. The molecule has 0 aliphatic heterocycles. The van der Waals surface area contributed by atoms with E-state index < -0.39 is 11.6 Å². The molecular weight excluding hydrogens is 460 g/mol. The van der Waals surface area contributed by atoms with E-state index in [1.807, 2.05) is 0 Å². The summed E-state index contributed by atoms with van der Waals surface area (Å²) >= 11 is 0. The number of ether oxygens (including phenoxy) is 2. The van der Waals surface area contributed by atoms with E-state index in [1.165, 1.54) is 6.42 Å². The van der Waals surface area contributed by atoms with Gasteiger partial charge in [0.25, 0.3) is 0 Å². The predicted octanol–water partition coefficient (Wildman–Crippen LogP) is 5.21. The number of aliphatic hydroxyl groups is 2. The standard InChI is InChI=1S/C29H52O7/c1-19(2)23-14-12-22(16-25(23)35-18-29(5,34)17-30)11-10-21(4)24-13-9-20(3)15-26(24)36-28(33)8-6-7-27(31)32/h19-26,30,34H,6-18H2,1-5H3,(H,31,32)/t20-,21?,22?,23+,24+,25-,26-,29?/m1/s1. The van der Waals surface area contributed by atoms with Gasteiger partial charge >= 0.3 is 11.9 Å². The molecule has 0 bridgehead atoms. The number of carbonyl (C=O) groups is 2. The largest absolute Gasteiger partial charge is 0.481 e. The quantitative estimate of drug-likeness (QED) is 0.274. The molecule has 7 nitrogen and oxygen atoms in total.